The maximum atomic E-state index is 12.0. The van der Waals surface area contributed by atoms with Crippen LogP contribution in [0.3, 0.4) is 0 Å². The molecule has 2 amide bonds. The lowest BCUT2D eigenvalue weighted by atomic mass is 10.2. The van der Waals surface area contributed by atoms with Crippen molar-refractivity contribution in [3.8, 4) is 5.75 Å². The van der Waals surface area contributed by atoms with Gasteiger partial charge in [0.2, 0.25) is 0 Å². The molecule has 0 aliphatic heterocycles. The van der Waals surface area contributed by atoms with Crippen molar-refractivity contribution in [2.45, 2.75) is 0 Å². The smallest absolute Gasteiger partial charge is 0.273 e. The van der Waals surface area contributed by atoms with E-state index < -0.39 is 11.8 Å². The number of phenols is 1. The molecular weight excluding hydrogens is 395 g/mol. The molecule has 5 nitrogen and oxygen atoms in total. The van der Waals surface area contributed by atoms with E-state index in [1.165, 1.54) is 24.3 Å². The van der Waals surface area contributed by atoms with Gasteiger partial charge in [0.05, 0.1) is 16.1 Å². The Hall–Kier alpha value is -1.76. The standard InChI is InChI=1S/C14H9BrCl2N2O3/c15-7-1-3-11(17)9(5-7)13(21)18-19-14(22)10-6-8(16)2-4-12(10)20/h1-6,20H,(H,18,21)(H,19,22). The lowest BCUT2D eigenvalue weighted by Gasteiger charge is -2.10. The number of amides is 2. The van der Waals surface area contributed by atoms with Crippen molar-refractivity contribution >= 4 is 50.9 Å². The van der Waals surface area contributed by atoms with Gasteiger partial charge in [-0.1, -0.05) is 39.1 Å². The van der Waals surface area contributed by atoms with Crippen LogP contribution in [0, 0.1) is 0 Å². The van der Waals surface area contributed by atoms with Gasteiger partial charge >= 0.3 is 0 Å². The highest BCUT2D eigenvalue weighted by molar-refractivity contribution is 9.10. The third-order valence-electron chi connectivity index (χ3n) is 2.67. The summed E-state index contributed by atoms with van der Waals surface area (Å²) in [4.78, 5) is 23.9. The van der Waals surface area contributed by atoms with E-state index in [1.54, 1.807) is 12.1 Å². The molecule has 0 atom stereocenters. The Morgan fingerprint density at radius 3 is 2.27 bits per heavy atom. The van der Waals surface area contributed by atoms with Crippen LogP contribution in [0.25, 0.3) is 0 Å². The number of carbonyl (C=O) groups excluding carboxylic acids is 2. The first kappa shape index (κ1) is 16.6. The van der Waals surface area contributed by atoms with Crippen LogP contribution >= 0.6 is 39.1 Å². The maximum Gasteiger partial charge on any atom is 0.273 e. The highest BCUT2D eigenvalue weighted by Gasteiger charge is 2.15. The van der Waals surface area contributed by atoms with Crippen molar-refractivity contribution in [1.82, 2.24) is 10.9 Å². The molecule has 2 rings (SSSR count). The van der Waals surface area contributed by atoms with Gasteiger partial charge in [0.15, 0.2) is 0 Å². The number of benzene rings is 2. The molecule has 0 heterocycles. The van der Waals surface area contributed by atoms with E-state index in [0.29, 0.717) is 4.47 Å². The highest BCUT2D eigenvalue weighted by atomic mass is 79.9. The lowest BCUT2D eigenvalue weighted by molar-refractivity contribution is 0.0845. The Morgan fingerprint density at radius 2 is 1.59 bits per heavy atom. The van der Waals surface area contributed by atoms with Crippen LogP contribution in [0.15, 0.2) is 40.9 Å². The van der Waals surface area contributed by atoms with Gasteiger partial charge in [-0.25, -0.2) is 0 Å². The predicted molar refractivity (Wildman–Crippen MR) is 87.2 cm³/mol. The van der Waals surface area contributed by atoms with E-state index in [0.717, 1.165) is 0 Å². The number of aromatic hydroxyl groups is 1. The fourth-order valence-corrected chi connectivity index (χ4v) is 2.35. The van der Waals surface area contributed by atoms with Gasteiger partial charge in [-0.05, 0) is 36.4 Å². The van der Waals surface area contributed by atoms with Crippen LogP contribution in [-0.4, -0.2) is 16.9 Å². The van der Waals surface area contributed by atoms with Gasteiger partial charge in [0.25, 0.3) is 11.8 Å². The Morgan fingerprint density at radius 1 is 0.955 bits per heavy atom. The van der Waals surface area contributed by atoms with Crippen molar-refractivity contribution < 1.29 is 14.7 Å². The molecule has 114 valence electrons. The minimum atomic E-state index is -0.709. The fourth-order valence-electron chi connectivity index (χ4n) is 1.61. The van der Waals surface area contributed by atoms with E-state index in [4.69, 9.17) is 23.2 Å². The van der Waals surface area contributed by atoms with Crippen LogP contribution in [0.2, 0.25) is 10.0 Å². The molecule has 0 aliphatic rings. The average Bonchev–Trinajstić information content (AvgIpc) is 2.49. The van der Waals surface area contributed by atoms with Crippen LogP contribution in [0.5, 0.6) is 5.75 Å². The first-order valence-electron chi connectivity index (χ1n) is 5.92. The van der Waals surface area contributed by atoms with E-state index in [2.05, 4.69) is 26.8 Å². The molecule has 0 aromatic heterocycles. The second-order valence-corrected chi connectivity index (χ2v) is 5.95. The molecule has 2 aromatic carbocycles. The number of halogens is 3. The van der Waals surface area contributed by atoms with E-state index in [1.807, 2.05) is 0 Å². The molecule has 0 saturated carbocycles. The van der Waals surface area contributed by atoms with E-state index in [9.17, 15) is 14.7 Å². The van der Waals surface area contributed by atoms with Crippen molar-refractivity contribution in [2.24, 2.45) is 0 Å². The molecule has 0 aliphatic carbocycles. The Labute approximate surface area is 144 Å². The first-order chi connectivity index (χ1) is 10.4. The number of phenolic OH excluding ortho intramolecular Hbond substituents is 1. The molecule has 0 radical (unpaired) electrons. The van der Waals surface area contributed by atoms with Gasteiger partial charge in [-0.3, -0.25) is 20.4 Å². The van der Waals surface area contributed by atoms with Crippen molar-refractivity contribution in [3.63, 3.8) is 0 Å². The zero-order chi connectivity index (χ0) is 16.3. The summed E-state index contributed by atoms with van der Waals surface area (Å²) in [6, 6.07) is 8.75. The Kier molecular flexibility index (Phi) is 5.28. The largest absolute Gasteiger partial charge is 0.507 e. The average molecular weight is 404 g/mol. The lowest BCUT2D eigenvalue weighted by Crippen LogP contribution is -2.41. The second kappa shape index (κ2) is 7.00. The quantitative estimate of drug-likeness (QED) is 0.671. The molecule has 0 spiro atoms. The van der Waals surface area contributed by atoms with Crippen LogP contribution in [-0.2, 0) is 0 Å². The summed E-state index contributed by atoms with van der Waals surface area (Å²) in [6.07, 6.45) is 0. The SMILES string of the molecule is O=C(NNC(=O)c1cc(Br)ccc1Cl)c1cc(Cl)ccc1O. The summed E-state index contributed by atoms with van der Waals surface area (Å²) in [6.45, 7) is 0. The van der Waals surface area contributed by atoms with E-state index in [-0.39, 0.29) is 26.9 Å². The first-order valence-corrected chi connectivity index (χ1v) is 7.47. The van der Waals surface area contributed by atoms with Gasteiger partial charge in [0, 0.05) is 9.50 Å². The van der Waals surface area contributed by atoms with Crippen LogP contribution < -0.4 is 10.9 Å². The summed E-state index contributed by atoms with van der Waals surface area (Å²) in [5.74, 6) is -1.56. The normalized spacial score (nSPS) is 10.1. The molecule has 0 fully saturated rings. The zero-order valence-corrected chi connectivity index (χ0v) is 14.0. The number of hydrogen-bond donors (Lipinski definition) is 3. The summed E-state index contributed by atoms with van der Waals surface area (Å²) in [5.41, 5.74) is 4.52. The summed E-state index contributed by atoms with van der Waals surface area (Å²) in [7, 11) is 0. The molecule has 0 saturated heterocycles. The predicted octanol–water partition coefficient (Wildman–Crippen LogP) is 3.54. The highest BCUT2D eigenvalue weighted by Crippen LogP contribution is 2.22. The maximum absolute atomic E-state index is 12.0. The number of hydrogen-bond acceptors (Lipinski definition) is 3. The zero-order valence-electron chi connectivity index (χ0n) is 10.9. The van der Waals surface area contributed by atoms with Crippen LogP contribution in [0.4, 0.5) is 0 Å². The number of nitrogens with one attached hydrogen (secondary N) is 2. The summed E-state index contributed by atoms with van der Waals surface area (Å²) >= 11 is 14.9. The molecule has 22 heavy (non-hydrogen) atoms. The molecule has 0 unspecified atom stereocenters. The number of hydrazine groups is 1. The number of rotatable bonds is 2. The molecule has 2 aromatic rings. The van der Waals surface area contributed by atoms with Gasteiger partial charge in [-0.2, -0.15) is 0 Å². The molecule has 0 bridgehead atoms. The number of carbonyl (C=O) groups is 2. The summed E-state index contributed by atoms with van der Waals surface area (Å²) in [5, 5.41) is 10.1. The molecule has 3 N–H and O–H groups in total. The van der Waals surface area contributed by atoms with Crippen molar-refractivity contribution in [2.75, 3.05) is 0 Å². The van der Waals surface area contributed by atoms with Crippen molar-refractivity contribution in [3.05, 3.63) is 62.0 Å². The van der Waals surface area contributed by atoms with Gasteiger partial charge in [0.1, 0.15) is 5.75 Å². The van der Waals surface area contributed by atoms with Gasteiger partial charge < -0.3 is 5.11 Å². The minimum absolute atomic E-state index is 0.0619. The second-order valence-electron chi connectivity index (χ2n) is 4.19. The third-order valence-corrected chi connectivity index (χ3v) is 3.72. The third kappa shape index (κ3) is 3.91. The van der Waals surface area contributed by atoms with Crippen molar-refractivity contribution in [1.29, 1.82) is 0 Å². The Bertz CT molecular complexity index is 689. The van der Waals surface area contributed by atoms with Gasteiger partial charge in [-0.15, -0.1) is 0 Å². The fraction of sp³-hybridized carbons (Fsp3) is 0. The molecule has 8 heteroatoms. The monoisotopic (exact) mass is 402 g/mol. The molecular formula is C14H9BrCl2N2O3. The topological polar surface area (TPSA) is 78.4 Å². The summed E-state index contributed by atoms with van der Waals surface area (Å²) < 4.78 is 0.667. The minimum Gasteiger partial charge on any atom is -0.507 e. The van der Waals surface area contributed by atoms with E-state index >= 15 is 0 Å². The Balaban J connectivity index is 2.09. The van der Waals surface area contributed by atoms with Crippen LogP contribution in [0.1, 0.15) is 20.7 Å².